The summed E-state index contributed by atoms with van der Waals surface area (Å²) >= 11 is 5.85. The molecule has 0 heterocycles. The fraction of sp³-hybridized carbons (Fsp3) is 0.0769. The molecule has 0 aliphatic carbocycles. The first kappa shape index (κ1) is 11.7. The first-order chi connectivity index (χ1) is 8.15. The largest absolute Gasteiger partial charge is 0.505 e. The number of phenols is 1. The van der Waals surface area contributed by atoms with Gasteiger partial charge in [0.15, 0.2) is 11.6 Å². The van der Waals surface area contributed by atoms with Crippen molar-refractivity contribution in [1.29, 1.82) is 0 Å². The molecule has 0 unspecified atom stereocenters. The van der Waals surface area contributed by atoms with Crippen LogP contribution in [0.15, 0.2) is 42.5 Å². The summed E-state index contributed by atoms with van der Waals surface area (Å²) in [6.07, 6.45) is 0. The number of aromatic hydroxyl groups is 1. The van der Waals surface area contributed by atoms with Crippen LogP contribution >= 0.6 is 11.6 Å². The summed E-state index contributed by atoms with van der Waals surface area (Å²) in [5, 5.41) is 12.8. The first-order valence-electron chi connectivity index (χ1n) is 5.12. The predicted molar refractivity (Wildman–Crippen MR) is 66.8 cm³/mol. The molecule has 2 aromatic rings. The molecular weight excluding hydrogens is 241 g/mol. The number of phenolic OH excluding ortho intramolecular Hbond substituents is 1. The summed E-state index contributed by atoms with van der Waals surface area (Å²) < 4.78 is 13.1. The Hall–Kier alpha value is -1.74. The number of benzene rings is 2. The van der Waals surface area contributed by atoms with Crippen LogP contribution in [0.25, 0.3) is 0 Å². The number of hydrogen-bond acceptors (Lipinski definition) is 2. The molecule has 0 aliphatic rings. The van der Waals surface area contributed by atoms with Gasteiger partial charge in [-0.1, -0.05) is 23.7 Å². The van der Waals surface area contributed by atoms with Gasteiger partial charge in [-0.2, -0.15) is 0 Å². The van der Waals surface area contributed by atoms with Gasteiger partial charge in [-0.05, 0) is 29.8 Å². The van der Waals surface area contributed by atoms with Crippen molar-refractivity contribution in [1.82, 2.24) is 0 Å². The van der Waals surface area contributed by atoms with E-state index in [0.29, 0.717) is 17.3 Å². The minimum atomic E-state index is -0.638. The second-order valence-corrected chi connectivity index (χ2v) is 4.09. The van der Waals surface area contributed by atoms with Crippen molar-refractivity contribution in [3.63, 3.8) is 0 Å². The van der Waals surface area contributed by atoms with E-state index < -0.39 is 5.82 Å². The fourth-order valence-corrected chi connectivity index (χ4v) is 1.68. The molecule has 2 nitrogen and oxygen atoms in total. The van der Waals surface area contributed by atoms with Crippen LogP contribution in [0.2, 0.25) is 5.02 Å². The third kappa shape index (κ3) is 3.11. The van der Waals surface area contributed by atoms with Gasteiger partial charge >= 0.3 is 0 Å². The van der Waals surface area contributed by atoms with Gasteiger partial charge in [0.2, 0.25) is 0 Å². The Morgan fingerprint density at radius 1 is 1.18 bits per heavy atom. The standard InChI is InChI=1S/C13H11ClFNO/c14-10-3-1-2-9(6-10)8-16-11-4-5-13(17)12(15)7-11/h1-7,16-17H,8H2. The number of anilines is 1. The predicted octanol–water partition coefficient (Wildman–Crippen LogP) is 3.80. The molecule has 0 fully saturated rings. The van der Waals surface area contributed by atoms with E-state index >= 15 is 0 Å². The van der Waals surface area contributed by atoms with Gasteiger partial charge < -0.3 is 10.4 Å². The van der Waals surface area contributed by atoms with Gasteiger partial charge in [-0.3, -0.25) is 0 Å². The Labute approximate surface area is 104 Å². The van der Waals surface area contributed by atoms with Crippen LogP contribution in [0.1, 0.15) is 5.56 Å². The van der Waals surface area contributed by atoms with Crippen LogP contribution in [-0.2, 0) is 6.54 Å². The highest BCUT2D eigenvalue weighted by Crippen LogP contribution is 2.20. The maximum atomic E-state index is 13.1. The molecule has 0 bridgehead atoms. The monoisotopic (exact) mass is 251 g/mol. The Morgan fingerprint density at radius 2 is 2.00 bits per heavy atom. The molecule has 2 aromatic carbocycles. The maximum absolute atomic E-state index is 13.1. The minimum Gasteiger partial charge on any atom is -0.505 e. The zero-order chi connectivity index (χ0) is 12.3. The van der Waals surface area contributed by atoms with Crippen molar-refractivity contribution < 1.29 is 9.50 Å². The number of halogens is 2. The fourth-order valence-electron chi connectivity index (χ4n) is 1.47. The number of rotatable bonds is 3. The van der Waals surface area contributed by atoms with Crippen molar-refractivity contribution in [3.8, 4) is 5.75 Å². The lowest BCUT2D eigenvalue weighted by molar-refractivity contribution is 0.432. The maximum Gasteiger partial charge on any atom is 0.166 e. The topological polar surface area (TPSA) is 32.3 Å². The van der Waals surface area contributed by atoms with E-state index in [1.807, 2.05) is 18.2 Å². The first-order valence-corrected chi connectivity index (χ1v) is 5.50. The summed E-state index contributed by atoms with van der Waals surface area (Å²) in [5.74, 6) is -0.987. The second kappa shape index (κ2) is 5.06. The summed E-state index contributed by atoms with van der Waals surface area (Å²) in [5.41, 5.74) is 1.62. The van der Waals surface area contributed by atoms with E-state index in [4.69, 9.17) is 16.7 Å². The SMILES string of the molecule is Oc1ccc(NCc2cccc(Cl)c2)cc1F. The van der Waals surface area contributed by atoms with Crippen molar-refractivity contribution in [2.24, 2.45) is 0 Å². The molecule has 0 saturated heterocycles. The molecule has 0 radical (unpaired) electrons. The second-order valence-electron chi connectivity index (χ2n) is 3.65. The van der Waals surface area contributed by atoms with E-state index in [0.717, 1.165) is 5.56 Å². The summed E-state index contributed by atoms with van der Waals surface area (Å²) in [6, 6.07) is 11.6. The lowest BCUT2D eigenvalue weighted by atomic mass is 10.2. The van der Waals surface area contributed by atoms with Crippen LogP contribution in [0.3, 0.4) is 0 Å². The lowest BCUT2D eigenvalue weighted by Crippen LogP contribution is -1.99. The van der Waals surface area contributed by atoms with Crippen molar-refractivity contribution in [2.75, 3.05) is 5.32 Å². The van der Waals surface area contributed by atoms with Crippen molar-refractivity contribution in [3.05, 3.63) is 58.9 Å². The summed E-state index contributed by atoms with van der Waals surface area (Å²) in [6.45, 7) is 0.546. The third-order valence-electron chi connectivity index (χ3n) is 2.33. The Bertz CT molecular complexity index is 531. The zero-order valence-corrected chi connectivity index (χ0v) is 9.71. The van der Waals surface area contributed by atoms with E-state index in [1.54, 1.807) is 12.1 Å². The molecule has 0 atom stereocenters. The Balaban J connectivity index is 2.05. The molecule has 0 saturated carbocycles. The lowest BCUT2D eigenvalue weighted by Gasteiger charge is -2.07. The molecule has 88 valence electrons. The average molecular weight is 252 g/mol. The highest BCUT2D eigenvalue weighted by Gasteiger charge is 2.01. The van der Waals surface area contributed by atoms with E-state index in [9.17, 15) is 4.39 Å². The normalized spacial score (nSPS) is 10.2. The molecule has 0 spiro atoms. The highest BCUT2D eigenvalue weighted by atomic mass is 35.5. The van der Waals surface area contributed by atoms with Gasteiger partial charge in [0.1, 0.15) is 0 Å². The van der Waals surface area contributed by atoms with Crippen LogP contribution < -0.4 is 5.32 Å². The number of hydrogen-bond donors (Lipinski definition) is 2. The summed E-state index contributed by atoms with van der Waals surface area (Å²) in [7, 11) is 0. The van der Waals surface area contributed by atoms with Crippen LogP contribution in [0, 0.1) is 5.82 Å². The molecular formula is C13H11ClFNO. The van der Waals surface area contributed by atoms with E-state index in [1.165, 1.54) is 12.1 Å². The minimum absolute atomic E-state index is 0.349. The van der Waals surface area contributed by atoms with Gasteiger partial charge in [0, 0.05) is 23.3 Å². The van der Waals surface area contributed by atoms with Crippen LogP contribution in [0.5, 0.6) is 5.75 Å². The Kier molecular flexibility index (Phi) is 3.49. The Morgan fingerprint density at radius 3 is 2.71 bits per heavy atom. The van der Waals surface area contributed by atoms with E-state index in [-0.39, 0.29) is 5.75 Å². The van der Waals surface area contributed by atoms with Gasteiger partial charge in [-0.25, -0.2) is 4.39 Å². The highest BCUT2D eigenvalue weighted by molar-refractivity contribution is 6.30. The number of nitrogens with one attached hydrogen (secondary N) is 1. The average Bonchev–Trinajstić information content (AvgIpc) is 2.31. The zero-order valence-electron chi connectivity index (χ0n) is 8.95. The van der Waals surface area contributed by atoms with Gasteiger partial charge in [0.25, 0.3) is 0 Å². The van der Waals surface area contributed by atoms with Crippen LogP contribution in [0.4, 0.5) is 10.1 Å². The van der Waals surface area contributed by atoms with Crippen molar-refractivity contribution >= 4 is 17.3 Å². The smallest absolute Gasteiger partial charge is 0.166 e. The van der Waals surface area contributed by atoms with Gasteiger partial charge in [0.05, 0.1) is 0 Å². The van der Waals surface area contributed by atoms with Crippen molar-refractivity contribution in [2.45, 2.75) is 6.54 Å². The van der Waals surface area contributed by atoms with Crippen LogP contribution in [-0.4, -0.2) is 5.11 Å². The van der Waals surface area contributed by atoms with Gasteiger partial charge in [-0.15, -0.1) is 0 Å². The molecule has 0 amide bonds. The molecule has 2 N–H and O–H groups in total. The molecule has 0 aromatic heterocycles. The molecule has 0 aliphatic heterocycles. The molecule has 17 heavy (non-hydrogen) atoms. The quantitative estimate of drug-likeness (QED) is 0.814. The summed E-state index contributed by atoms with van der Waals surface area (Å²) in [4.78, 5) is 0. The molecule has 2 rings (SSSR count). The van der Waals surface area contributed by atoms with E-state index in [2.05, 4.69) is 5.32 Å². The third-order valence-corrected chi connectivity index (χ3v) is 2.57. The molecule has 4 heteroatoms.